The lowest BCUT2D eigenvalue weighted by molar-refractivity contribution is -0.136. The van der Waals surface area contributed by atoms with Crippen molar-refractivity contribution in [2.24, 2.45) is 0 Å². The minimum absolute atomic E-state index is 0.337. The molecule has 0 fully saturated rings. The summed E-state index contributed by atoms with van der Waals surface area (Å²) in [6.07, 6.45) is 0. The Kier molecular flexibility index (Phi) is 7.40. The summed E-state index contributed by atoms with van der Waals surface area (Å²) in [4.78, 5) is 14.3. The molecule has 36 heavy (non-hydrogen) atoms. The van der Waals surface area contributed by atoms with Crippen LogP contribution in [0.1, 0.15) is 34.7 Å². The molecule has 0 saturated carbocycles. The van der Waals surface area contributed by atoms with Gasteiger partial charge in [0.05, 0.1) is 12.2 Å². The fourth-order valence-electron chi connectivity index (χ4n) is 4.35. The van der Waals surface area contributed by atoms with Crippen molar-refractivity contribution in [3.8, 4) is 11.1 Å². The maximum Gasteiger partial charge on any atom is 0.338 e. The molecule has 0 aliphatic heterocycles. The fraction of sp³-hybridized carbons (Fsp3) is 0.182. The predicted octanol–water partition coefficient (Wildman–Crippen LogP) is 8.63. The molecule has 0 bridgehead atoms. The molecule has 182 valence electrons. The molecule has 0 aliphatic carbocycles. The van der Waals surface area contributed by atoms with Gasteiger partial charge in [0.25, 0.3) is 0 Å². The average molecular weight is 476 g/mol. The standard InChI is InChI=1S/C33H33NO2/c1-7-36-33(35)26(6)27-10-12-28(13-11-27)29-14-17-30(18-15-29)34(31-16-9-23(3)24(4)21-31)32-19-8-22(2)20-25(32)5/h8-21H,6-7H2,1-5H3. The Morgan fingerprint density at radius 1 is 0.722 bits per heavy atom. The summed E-state index contributed by atoms with van der Waals surface area (Å²) in [5, 5.41) is 0. The van der Waals surface area contributed by atoms with Gasteiger partial charge >= 0.3 is 5.97 Å². The molecule has 0 unspecified atom stereocenters. The Balaban J connectivity index is 1.68. The Morgan fingerprint density at radius 2 is 1.33 bits per heavy atom. The Hall–Kier alpha value is -4.11. The minimum atomic E-state index is -0.382. The smallest absolute Gasteiger partial charge is 0.338 e. The van der Waals surface area contributed by atoms with E-state index in [-0.39, 0.29) is 5.97 Å². The van der Waals surface area contributed by atoms with Crippen molar-refractivity contribution in [1.29, 1.82) is 0 Å². The summed E-state index contributed by atoms with van der Waals surface area (Å²) in [5.74, 6) is -0.382. The molecular formula is C33H33NO2. The van der Waals surface area contributed by atoms with E-state index in [9.17, 15) is 4.79 Å². The van der Waals surface area contributed by atoms with Crippen LogP contribution in [0.2, 0.25) is 0 Å². The number of rotatable bonds is 7. The summed E-state index contributed by atoms with van der Waals surface area (Å²) in [5.41, 5.74) is 11.8. The second-order valence-electron chi connectivity index (χ2n) is 9.22. The van der Waals surface area contributed by atoms with Gasteiger partial charge in [-0.15, -0.1) is 0 Å². The first-order valence-corrected chi connectivity index (χ1v) is 12.3. The van der Waals surface area contributed by atoms with Crippen molar-refractivity contribution in [3.05, 3.63) is 119 Å². The zero-order chi connectivity index (χ0) is 25.8. The summed E-state index contributed by atoms with van der Waals surface area (Å²) < 4.78 is 5.07. The van der Waals surface area contributed by atoms with Crippen LogP contribution in [0.4, 0.5) is 17.1 Å². The number of benzene rings is 4. The number of carbonyl (C=O) groups excluding carboxylic acids is 1. The van der Waals surface area contributed by atoms with Crippen molar-refractivity contribution in [1.82, 2.24) is 0 Å². The zero-order valence-electron chi connectivity index (χ0n) is 21.8. The van der Waals surface area contributed by atoms with Gasteiger partial charge in [-0.3, -0.25) is 0 Å². The van der Waals surface area contributed by atoms with Gasteiger partial charge in [-0.2, -0.15) is 0 Å². The summed E-state index contributed by atoms with van der Waals surface area (Å²) in [7, 11) is 0. The van der Waals surface area contributed by atoms with Gasteiger partial charge in [-0.1, -0.05) is 66.7 Å². The summed E-state index contributed by atoms with van der Waals surface area (Å²) in [6, 6.07) is 29.7. The topological polar surface area (TPSA) is 29.5 Å². The third-order valence-corrected chi connectivity index (χ3v) is 6.56. The van der Waals surface area contributed by atoms with Gasteiger partial charge in [-0.25, -0.2) is 4.79 Å². The number of nitrogens with zero attached hydrogens (tertiary/aromatic N) is 1. The van der Waals surface area contributed by atoms with Crippen LogP contribution >= 0.6 is 0 Å². The first-order valence-electron chi connectivity index (χ1n) is 12.3. The predicted molar refractivity (Wildman–Crippen MR) is 151 cm³/mol. The van der Waals surface area contributed by atoms with Gasteiger partial charge in [0.15, 0.2) is 0 Å². The lowest BCUT2D eigenvalue weighted by Crippen LogP contribution is -2.11. The molecule has 0 heterocycles. The van der Waals surface area contributed by atoms with Crippen molar-refractivity contribution in [2.45, 2.75) is 34.6 Å². The SMILES string of the molecule is C=C(C(=O)OCC)c1ccc(-c2ccc(N(c3ccc(C)c(C)c3)c3ccc(C)cc3C)cc2)cc1. The molecule has 4 aromatic carbocycles. The number of hydrogen-bond acceptors (Lipinski definition) is 3. The normalized spacial score (nSPS) is 10.7. The number of anilines is 3. The minimum Gasteiger partial charge on any atom is -0.462 e. The third-order valence-electron chi connectivity index (χ3n) is 6.56. The van der Waals surface area contributed by atoms with E-state index in [0.29, 0.717) is 12.2 Å². The number of ether oxygens (including phenoxy) is 1. The van der Waals surface area contributed by atoms with Gasteiger partial charge in [0.1, 0.15) is 0 Å². The summed E-state index contributed by atoms with van der Waals surface area (Å²) >= 11 is 0. The van der Waals surface area contributed by atoms with Crippen molar-refractivity contribution < 1.29 is 9.53 Å². The maximum atomic E-state index is 12.0. The van der Waals surface area contributed by atoms with E-state index < -0.39 is 0 Å². The summed E-state index contributed by atoms with van der Waals surface area (Å²) in [6.45, 7) is 14.6. The quantitative estimate of drug-likeness (QED) is 0.198. The van der Waals surface area contributed by atoms with Crippen LogP contribution in [0.15, 0.2) is 91.5 Å². The molecule has 3 nitrogen and oxygen atoms in total. The largest absolute Gasteiger partial charge is 0.462 e. The van der Waals surface area contributed by atoms with E-state index in [0.717, 1.165) is 28.1 Å². The van der Waals surface area contributed by atoms with Crippen LogP contribution in [0, 0.1) is 27.7 Å². The molecule has 0 saturated heterocycles. The molecule has 0 atom stereocenters. The Bertz CT molecular complexity index is 1400. The fourth-order valence-corrected chi connectivity index (χ4v) is 4.35. The lowest BCUT2D eigenvalue weighted by atomic mass is 10.00. The third kappa shape index (κ3) is 5.26. The van der Waals surface area contributed by atoms with E-state index in [1.165, 1.54) is 27.9 Å². The highest BCUT2D eigenvalue weighted by atomic mass is 16.5. The molecule has 0 aliphatic rings. The highest BCUT2D eigenvalue weighted by Crippen LogP contribution is 2.38. The molecule has 0 radical (unpaired) electrons. The molecular weight excluding hydrogens is 442 g/mol. The lowest BCUT2D eigenvalue weighted by Gasteiger charge is -2.28. The van der Waals surface area contributed by atoms with E-state index in [4.69, 9.17) is 4.74 Å². The molecule has 0 amide bonds. The van der Waals surface area contributed by atoms with Crippen LogP contribution in [-0.2, 0) is 9.53 Å². The molecule has 3 heteroatoms. The van der Waals surface area contributed by atoms with E-state index >= 15 is 0 Å². The number of carbonyl (C=O) groups is 1. The van der Waals surface area contributed by atoms with Gasteiger partial charge in [0, 0.05) is 17.1 Å². The number of esters is 1. The molecule has 0 spiro atoms. The van der Waals surface area contributed by atoms with Gasteiger partial charge in [-0.05, 0) is 98.3 Å². The van der Waals surface area contributed by atoms with Crippen molar-refractivity contribution in [3.63, 3.8) is 0 Å². The number of aryl methyl sites for hydroxylation is 4. The second kappa shape index (κ2) is 10.7. The van der Waals surface area contributed by atoms with Crippen molar-refractivity contribution >= 4 is 28.6 Å². The van der Waals surface area contributed by atoms with Crippen LogP contribution < -0.4 is 4.90 Å². The molecule has 0 aromatic heterocycles. The molecule has 4 rings (SSSR count). The molecule has 0 N–H and O–H groups in total. The Labute approximate surface area is 214 Å². The first kappa shape index (κ1) is 25.0. The van der Waals surface area contributed by atoms with E-state index in [1.807, 2.05) is 24.3 Å². The van der Waals surface area contributed by atoms with Crippen LogP contribution in [-0.4, -0.2) is 12.6 Å². The average Bonchev–Trinajstić information content (AvgIpc) is 2.88. The second-order valence-corrected chi connectivity index (χ2v) is 9.22. The Morgan fingerprint density at radius 3 is 1.92 bits per heavy atom. The van der Waals surface area contributed by atoms with E-state index in [2.05, 4.69) is 99.8 Å². The van der Waals surface area contributed by atoms with Gasteiger partial charge < -0.3 is 9.64 Å². The maximum absolute atomic E-state index is 12.0. The van der Waals surface area contributed by atoms with Crippen LogP contribution in [0.25, 0.3) is 16.7 Å². The highest BCUT2D eigenvalue weighted by molar-refractivity contribution is 6.15. The zero-order valence-corrected chi connectivity index (χ0v) is 21.8. The van der Waals surface area contributed by atoms with E-state index in [1.54, 1.807) is 6.92 Å². The van der Waals surface area contributed by atoms with Gasteiger partial charge in [0.2, 0.25) is 0 Å². The monoisotopic (exact) mass is 475 g/mol. The van der Waals surface area contributed by atoms with Crippen LogP contribution in [0.3, 0.4) is 0 Å². The molecule has 4 aromatic rings. The highest BCUT2D eigenvalue weighted by Gasteiger charge is 2.16. The van der Waals surface area contributed by atoms with Crippen LogP contribution in [0.5, 0.6) is 0 Å². The number of hydrogen-bond donors (Lipinski definition) is 0. The van der Waals surface area contributed by atoms with Crippen molar-refractivity contribution in [2.75, 3.05) is 11.5 Å². The first-order chi connectivity index (χ1) is 17.3.